The third kappa shape index (κ3) is 1.21. The monoisotopic (exact) mass is 284 g/mol. The molecule has 4 rings (SSSR count). The second kappa shape index (κ2) is 3.63. The Bertz CT molecular complexity index is 784. The van der Waals surface area contributed by atoms with Gasteiger partial charge < -0.3 is 19.7 Å². The highest BCUT2D eigenvalue weighted by molar-refractivity contribution is 6.09. The van der Waals surface area contributed by atoms with Gasteiger partial charge in [-0.3, -0.25) is 4.79 Å². The van der Waals surface area contributed by atoms with Crippen LogP contribution in [0.5, 0.6) is 11.5 Å². The molecule has 0 spiro atoms. The molecule has 2 N–H and O–H groups in total. The molecule has 2 aromatic carbocycles. The SMILES string of the molecule is COc1ccc2c(c1)C1(O)C(=O)c3ccccc3C1(O)O2. The number of ether oxygens (including phenoxy) is 2. The van der Waals surface area contributed by atoms with Crippen LogP contribution in [0.2, 0.25) is 0 Å². The Hall–Kier alpha value is -2.37. The summed E-state index contributed by atoms with van der Waals surface area (Å²) < 4.78 is 10.7. The number of benzene rings is 2. The highest BCUT2D eigenvalue weighted by Gasteiger charge is 2.70. The van der Waals surface area contributed by atoms with Gasteiger partial charge in [-0.05, 0) is 18.2 Å². The van der Waals surface area contributed by atoms with E-state index < -0.39 is 17.2 Å². The fourth-order valence-electron chi connectivity index (χ4n) is 3.12. The predicted octanol–water partition coefficient (Wildman–Crippen LogP) is 1.32. The van der Waals surface area contributed by atoms with Crippen molar-refractivity contribution in [3.05, 3.63) is 59.2 Å². The maximum absolute atomic E-state index is 12.6. The molecule has 0 fully saturated rings. The van der Waals surface area contributed by atoms with E-state index in [1.165, 1.54) is 13.2 Å². The van der Waals surface area contributed by atoms with Crippen molar-refractivity contribution in [2.45, 2.75) is 11.4 Å². The van der Waals surface area contributed by atoms with Crippen molar-refractivity contribution in [1.29, 1.82) is 0 Å². The molecule has 0 saturated carbocycles. The number of fused-ring (bicyclic) bond motifs is 5. The molecule has 1 heterocycles. The van der Waals surface area contributed by atoms with E-state index in [0.717, 1.165) is 0 Å². The van der Waals surface area contributed by atoms with E-state index in [4.69, 9.17) is 9.47 Å². The Morgan fingerprint density at radius 3 is 2.62 bits per heavy atom. The molecule has 1 aliphatic heterocycles. The van der Waals surface area contributed by atoms with E-state index in [9.17, 15) is 15.0 Å². The fourth-order valence-corrected chi connectivity index (χ4v) is 3.12. The van der Waals surface area contributed by atoms with E-state index in [1.807, 2.05) is 0 Å². The Morgan fingerprint density at radius 2 is 1.86 bits per heavy atom. The van der Waals surface area contributed by atoms with Crippen LogP contribution in [0.25, 0.3) is 0 Å². The summed E-state index contributed by atoms with van der Waals surface area (Å²) in [6.45, 7) is 0. The number of carbonyl (C=O) groups excluding carboxylic acids is 1. The smallest absolute Gasteiger partial charge is 0.276 e. The maximum Gasteiger partial charge on any atom is 0.276 e. The van der Waals surface area contributed by atoms with Crippen LogP contribution >= 0.6 is 0 Å². The van der Waals surface area contributed by atoms with Gasteiger partial charge in [-0.15, -0.1) is 0 Å². The van der Waals surface area contributed by atoms with Gasteiger partial charge in [0, 0.05) is 16.7 Å². The predicted molar refractivity (Wildman–Crippen MR) is 72.2 cm³/mol. The summed E-state index contributed by atoms with van der Waals surface area (Å²) in [7, 11) is 1.49. The molecule has 2 unspecified atom stereocenters. The van der Waals surface area contributed by atoms with Crippen LogP contribution in [0.4, 0.5) is 0 Å². The van der Waals surface area contributed by atoms with Crippen molar-refractivity contribution in [1.82, 2.24) is 0 Å². The van der Waals surface area contributed by atoms with Crippen molar-refractivity contribution in [3.63, 3.8) is 0 Å². The fraction of sp³-hybridized carbons (Fsp3) is 0.188. The highest BCUT2D eigenvalue weighted by atomic mass is 16.7. The van der Waals surface area contributed by atoms with E-state index in [0.29, 0.717) is 5.75 Å². The van der Waals surface area contributed by atoms with Crippen molar-refractivity contribution in [2.75, 3.05) is 7.11 Å². The van der Waals surface area contributed by atoms with Crippen molar-refractivity contribution >= 4 is 5.78 Å². The van der Waals surface area contributed by atoms with Gasteiger partial charge in [-0.2, -0.15) is 0 Å². The van der Waals surface area contributed by atoms with Crippen LogP contribution in [-0.2, 0) is 11.4 Å². The molecule has 1 aliphatic carbocycles. The topological polar surface area (TPSA) is 76.0 Å². The number of carbonyl (C=O) groups is 1. The number of hydrogen-bond acceptors (Lipinski definition) is 5. The standard InChI is InChI=1S/C16H12O5/c1-20-9-6-7-13-12(8-9)15(18)14(17)10-4-2-3-5-11(10)16(15,19)21-13/h2-8,18-19H,1H3. The van der Waals surface area contributed by atoms with Gasteiger partial charge in [0.05, 0.1) is 7.11 Å². The second-order valence-electron chi connectivity index (χ2n) is 5.19. The lowest BCUT2D eigenvalue weighted by Gasteiger charge is -2.28. The summed E-state index contributed by atoms with van der Waals surface area (Å²) in [6.07, 6.45) is 0. The van der Waals surface area contributed by atoms with Gasteiger partial charge in [0.25, 0.3) is 5.79 Å². The van der Waals surface area contributed by atoms with E-state index in [2.05, 4.69) is 0 Å². The van der Waals surface area contributed by atoms with Crippen LogP contribution < -0.4 is 9.47 Å². The summed E-state index contributed by atoms with van der Waals surface area (Å²) in [5.74, 6) is -1.94. The highest BCUT2D eigenvalue weighted by Crippen LogP contribution is 2.58. The Kier molecular flexibility index (Phi) is 2.14. The lowest BCUT2D eigenvalue weighted by Crippen LogP contribution is -2.48. The third-order valence-corrected chi connectivity index (χ3v) is 4.19. The van der Waals surface area contributed by atoms with Crippen molar-refractivity contribution in [2.24, 2.45) is 0 Å². The molecule has 21 heavy (non-hydrogen) atoms. The zero-order chi connectivity index (χ0) is 14.8. The van der Waals surface area contributed by atoms with E-state index in [1.54, 1.807) is 36.4 Å². The zero-order valence-electron chi connectivity index (χ0n) is 11.2. The molecule has 2 atom stereocenters. The summed E-state index contributed by atoms with van der Waals surface area (Å²) in [5.41, 5.74) is -1.41. The molecule has 2 aromatic rings. The lowest BCUT2D eigenvalue weighted by atomic mass is 9.87. The van der Waals surface area contributed by atoms with Gasteiger partial charge in [0.1, 0.15) is 11.5 Å². The van der Waals surface area contributed by atoms with Crippen molar-refractivity contribution in [3.8, 4) is 11.5 Å². The summed E-state index contributed by atoms with van der Waals surface area (Å²) in [6, 6.07) is 11.2. The van der Waals surface area contributed by atoms with Gasteiger partial charge in [-0.1, -0.05) is 24.3 Å². The first-order chi connectivity index (χ1) is 10.0. The number of aliphatic hydroxyl groups is 2. The van der Waals surface area contributed by atoms with Crippen LogP contribution in [0.1, 0.15) is 21.5 Å². The summed E-state index contributed by atoms with van der Waals surface area (Å²) >= 11 is 0. The quantitative estimate of drug-likeness (QED) is 0.826. The minimum atomic E-state index is -2.15. The molecule has 0 aromatic heterocycles. The largest absolute Gasteiger partial charge is 0.497 e. The van der Waals surface area contributed by atoms with Gasteiger partial charge in [0.2, 0.25) is 11.4 Å². The van der Waals surface area contributed by atoms with Crippen LogP contribution in [0, 0.1) is 0 Å². The van der Waals surface area contributed by atoms with Gasteiger partial charge in [0.15, 0.2) is 0 Å². The average molecular weight is 284 g/mol. The molecular formula is C16H12O5. The molecule has 2 aliphatic rings. The zero-order valence-corrected chi connectivity index (χ0v) is 11.2. The van der Waals surface area contributed by atoms with E-state index in [-0.39, 0.29) is 22.4 Å². The molecule has 0 bridgehead atoms. The first-order valence-electron chi connectivity index (χ1n) is 6.49. The number of ketones is 1. The number of rotatable bonds is 1. The Morgan fingerprint density at radius 1 is 1.10 bits per heavy atom. The van der Waals surface area contributed by atoms with Gasteiger partial charge in [-0.25, -0.2) is 0 Å². The summed E-state index contributed by atoms with van der Waals surface area (Å²) in [4.78, 5) is 12.6. The second-order valence-corrected chi connectivity index (χ2v) is 5.19. The minimum absolute atomic E-state index is 0.213. The van der Waals surface area contributed by atoms with Crippen LogP contribution in [0.15, 0.2) is 42.5 Å². The van der Waals surface area contributed by atoms with Gasteiger partial charge >= 0.3 is 0 Å². The first kappa shape index (κ1) is 12.4. The number of Topliss-reactive ketones (excluding diaryl/α,β-unsaturated/α-hetero) is 1. The number of hydrogen-bond donors (Lipinski definition) is 2. The molecule has 0 radical (unpaired) electrons. The van der Waals surface area contributed by atoms with Crippen LogP contribution in [0.3, 0.4) is 0 Å². The number of methoxy groups -OCH3 is 1. The Balaban J connectivity index is 2.02. The molecule has 5 heteroatoms. The minimum Gasteiger partial charge on any atom is -0.497 e. The summed E-state index contributed by atoms with van der Waals surface area (Å²) in [5, 5.41) is 21.8. The Labute approximate surface area is 120 Å². The van der Waals surface area contributed by atoms with E-state index >= 15 is 0 Å². The maximum atomic E-state index is 12.6. The van der Waals surface area contributed by atoms with Crippen molar-refractivity contribution < 1.29 is 24.5 Å². The third-order valence-electron chi connectivity index (χ3n) is 4.19. The average Bonchev–Trinajstić information content (AvgIpc) is 2.84. The lowest BCUT2D eigenvalue weighted by molar-refractivity contribution is -0.224. The molecule has 5 nitrogen and oxygen atoms in total. The molecule has 0 saturated heterocycles. The molecular weight excluding hydrogens is 272 g/mol. The molecule has 0 amide bonds. The normalized spacial score (nSPS) is 28.6. The van der Waals surface area contributed by atoms with Crippen LogP contribution in [-0.4, -0.2) is 23.1 Å². The first-order valence-corrected chi connectivity index (χ1v) is 6.49. The molecule has 106 valence electrons.